The third-order valence-corrected chi connectivity index (χ3v) is 8.34. The van der Waals surface area contributed by atoms with E-state index < -0.39 is 10.0 Å². The van der Waals surface area contributed by atoms with Gasteiger partial charge in [-0.05, 0) is 44.2 Å². The number of carbonyl (C=O) groups is 2. The van der Waals surface area contributed by atoms with Crippen molar-refractivity contribution in [1.29, 1.82) is 0 Å². The van der Waals surface area contributed by atoms with E-state index in [1.807, 2.05) is 49.6 Å². The number of benzene rings is 1. The second-order valence-electron chi connectivity index (χ2n) is 9.25. The van der Waals surface area contributed by atoms with Crippen LogP contribution in [-0.2, 0) is 19.6 Å². The highest BCUT2D eigenvalue weighted by Crippen LogP contribution is 2.27. The van der Waals surface area contributed by atoms with Crippen LogP contribution in [0.2, 0.25) is 0 Å². The molecule has 0 saturated carbocycles. The molecule has 0 spiro atoms. The van der Waals surface area contributed by atoms with Crippen LogP contribution in [0.4, 0.5) is 0 Å². The first-order valence-corrected chi connectivity index (χ1v) is 12.7. The smallest absolute Gasteiger partial charge is 0.243 e. The van der Waals surface area contributed by atoms with E-state index in [1.54, 1.807) is 6.07 Å². The lowest BCUT2D eigenvalue weighted by Gasteiger charge is -2.38. The predicted molar refractivity (Wildman–Crippen MR) is 120 cm³/mol. The van der Waals surface area contributed by atoms with Crippen LogP contribution in [-0.4, -0.2) is 73.6 Å². The summed E-state index contributed by atoms with van der Waals surface area (Å²) >= 11 is 0. The molecule has 2 heterocycles. The normalized spacial score (nSPS) is 19.1. The number of piperazine rings is 1. The lowest BCUT2D eigenvalue weighted by atomic mass is 9.96. The van der Waals surface area contributed by atoms with Gasteiger partial charge in [0.15, 0.2) is 0 Å². The van der Waals surface area contributed by atoms with Crippen molar-refractivity contribution in [2.24, 2.45) is 11.8 Å². The van der Waals surface area contributed by atoms with E-state index in [9.17, 15) is 18.0 Å². The Balaban J connectivity index is 1.54. The molecule has 2 amide bonds. The zero-order chi connectivity index (χ0) is 22.8. The van der Waals surface area contributed by atoms with Gasteiger partial charge in [-0.3, -0.25) is 9.59 Å². The summed E-state index contributed by atoms with van der Waals surface area (Å²) in [6, 6.07) is 5.38. The second-order valence-corrected chi connectivity index (χ2v) is 11.2. The van der Waals surface area contributed by atoms with Crippen molar-refractivity contribution in [1.82, 2.24) is 14.1 Å². The molecular formula is C23H35N3O4S. The minimum absolute atomic E-state index is 0.0968. The number of hydrogen-bond acceptors (Lipinski definition) is 4. The first-order chi connectivity index (χ1) is 14.6. The Hall–Kier alpha value is -1.93. The average Bonchev–Trinajstić information content (AvgIpc) is 2.72. The fourth-order valence-electron chi connectivity index (χ4n) is 4.48. The maximum Gasteiger partial charge on any atom is 0.243 e. The van der Waals surface area contributed by atoms with E-state index >= 15 is 0 Å². The van der Waals surface area contributed by atoms with Crippen molar-refractivity contribution in [3.05, 3.63) is 29.3 Å². The van der Waals surface area contributed by atoms with Gasteiger partial charge < -0.3 is 9.80 Å². The minimum Gasteiger partial charge on any atom is -0.339 e. The maximum atomic E-state index is 13.1. The summed E-state index contributed by atoms with van der Waals surface area (Å²) in [6.45, 7) is 10.8. The maximum absolute atomic E-state index is 13.1. The molecular weight excluding hydrogens is 414 g/mol. The van der Waals surface area contributed by atoms with Crippen molar-refractivity contribution >= 4 is 21.8 Å². The summed E-state index contributed by atoms with van der Waals surface area (Å²) in [4.78, 5) is 29.3. The van der Waals surface area contributed by atoms with Crippen LogP contribution >= 0.6 is 0 Å². The Morgan fingerprint density at radius 2 is 1.55 bits per heavy atom. The Kier molecular flexibility index (Phi) is 7.42. The Labute approximate surface area is 186 Å². The van der Waals surface area contributed by atoms with Crippen LogP contribution in [0.15, 0.2) is 23.1 Å². The summed E-state index contributed by atoms with van der Waals surface area (Å²) < 4.78 is 27.6. The van der Waals surface area contributed by atoms with Crippen LogP contribution in [0.25, 0.3) is 0 Å². The van der Waals surface area contributed by atoms with Gasteiger partial charge in [0, 0.05) is 51.6 Å². The molecule has 0 radical (unpaired) electrons. The molecule has 7 nitrogen and oxygen atoms in total. The van der Waals surface area contributed by atoms with E-state index in [-0.39, 0.29) is 17.7 Å². The number of sulfonamides is 1. The SMILES string of the molecule is Cc1ccc(S(=O)(=O)N2CCC(C(=O)N3CCN(C(=O)CC(C)C)CC3)CC2)c(C)c1. The molecule has 2 aliphatic heterocycles. The number of hydrogen-bond donors (Lipinski definition) is 0. The van der Waals surface area contributed by atoms with Gasteiger partial charge in [0.25, 0.3) is 0 Å². The van der Waals surface area contributed by atoms with Gasteiger partial charge in [0.2, 0.25) is 21.8 Å². The minimum atomic E-state index is -3.55. The second kappa shape index (κ2) is 9.69. The van der Waals surface area contributed by atoms with Gasteiger partial charge in [0.05, 0.1) is 4.90 Å². The Bertz CT molecular complexity index is 913. The van der Waals surface area contributed by atoms with Crippen LogP contribution in [0.5, 0.6) is 0 Å². The Morgan fingerprint density at radius 1 is 0.968 bits per heavy atom. The van der Waals surface area contributed by atoms with Crippen LogP contribution < -0.4 is 0 Å². The molecule has 31 heavy (non-hydrogen) atoms. The van der Waals surface area contributed by atoms with Crippen LogP contribution in [0, 0.1) is 25.7 Å². The van der Waals surface area contributed by atoms with Crippen LogP contribution in [0.1, 0.15) is 44.2 Å². The van der Waals surface area contributed by atoms with E-state index in [0.717, 1.165) is 11.1 Å². The molecule has 0 N–H and O–H groups in total. The lowest BCUT2D eigenvalue weighted by Crippen LogP contribution is -2.53. The zero-order valence-corrected chi connectivity index (χ0v) is 20.0. The number of rotatable bonds is 5. The molecule has 172 valence electrons. The summed E-state index contributed by atoms with van der Waals surface area (Å²) in [5.41, 5.74) is 1.79. The van der Waals surface area contributed by atoms with Gasteiger partial charge in [-0.2, -0.15) is 4.31 Å². The lowest BCUT2D eigenvalue weighted by molar-refractivity contribution is -0.143. The molecule has 0 aromatic heterocycles. The first kappa shape index (κ1) is 23.7. The molecule has 0 atom stereocenters. The number of carbonyl (C=O) groups excluding carboxylic acids is 2. The summed E-state index contributed by atoms with van der Waals surface area (Å²) in [7, 11) is -3.55. The van der Waals surface area contributed by atoms with Gasteiger partial charge >= 0.3 is 0 Å². The quantitative estimate of drug-likeness (QED) is 0.692. The molecule has 0 bridgehead atoms. The fourth-order valence-corrected chi connectivity index (χ4v) is 6.16. The van der Waals surface area contributed by atoms with Crippen molar-refractivity contribution in [3.8, 4) is 0 Å². The highest BCUT2D eigenvalue weighted by molar-refractivity contribution is 7.89. The third kappa shape index (κ3) is 5.47. The molecule has 1 aromatic carbocycles. The first-order valence-electron chi connectivity index (χ1n) is 11.2. The predicted octanol–water partition coefficient (Wildman–Crippen LogP) is 2.42. The highest BCUT2D eigenvalue weighted by atomic mass is 32.2. The topological polar surface area (TPSA) is 78.0 Å². The van der Waals surface area contributed by atoms with E-state index in [2.05, 4.69) is 0 Å². The van der Waals surface area contributed by atoms with Gasteiger partial charge in [-0.15, -0.1) is 0 Å². The van der Waals surface area contributed by atoms with Crippen molar-refractivity contribution in [2.75, 3.05) is 39.3 Å². The van der Waals surface area contributed by atoms with Gasteiger partial charge in [-0.25, -0.2) is 8.42 Å². The molecule has 1 aromatic rings. The largest absolute Gasteiger partial charge is 0.339 e. The summed E-state index contributed by atoms with van der Waals surface area (Å²) in [5.74, 6) is 0.437. The summed E-state index contributed by atoms with van der Waals surface area (Å²) in [6.07, 6.45) is 1.62. The number of nitrogens with zero attached hydrogens (tertiary/aromatic N) is 3. The van der Waals surface area contributed by atoms with Crippen LogP contribution in [0.3, 0.4) is 0 Å². The molecule has 2 saturated heterocycles. The molecule has 2 fully saturated rings. The molecule has 3 rings (SSSR count). The molecule has 0 unspecified atom stereocenters. The molecule has 0 aliphatic carbocycles. The van der Waals surface area contributed by atoms with Crippen molar-refractivity contribution in [2.45, 2.75) is 51.9 Å². The Morgan fingerprint density at radius 3 is 2.10 bits per heavy atom. The molecule has 8 heteroatoms. The average molecular weight is 450 g/mol. The summed E-state index contributed by atoms with van der Waals surface area (Å²) in [5, 5.41) is 0. The fraction of sp³-hybridized carbons (Fsp3) is 0.652. The van der Waals surface area contributed by atoms with E-state index in [1.165, 1.54) is 4.31 Å². The van der Waals surface area contributed by atoms with Gasteiger partial charge in [0.1, 0.15) is 0 Å². The number of piperidine rings is 1. The van der Waals surface area contributed by atoms with Gasteiger partial charge in [-0.1, -0.05) is 31.5 Å². The standard InChI is InChI=1S/C23H35N3O4S/c1-17(2)15-22(27)24-11-13-25(14-12-24)23(28)20-7-9-26(10-8-20)31(29,30)21-6-5-18(3)16-19(21)4/h5-6,16-17,20H,7-15H2,1-4H3. The van der Waals surface area contributed by atoms with Crippen molar-refractivity contribution in [3.63, 3.8) is 0 Å². The monoisotopic (exact) mass is 449 g/mol. The van der Waals surface area contributed by atoms with E-state index in [4.69, 9.17) is 0 Å². The molecule has 2 aliphatic rings. The number of aryl methyl sites for hydroxylation is 2. The number of amides is 2. The highest BCUT2D eigenvalue weighted by Gasteiger charge is 2.35. The zero-order valence-electron chi connectivity index (χ0n) is 19.1. The third-order valence-electron chi connectivity index (χ3n) is 6.28. The van der Waals surface area contributed by atoms with E-state index in [0.29, 0.717) is 69.3 Å². The van der Waals surface area contributed by atoms with Crippen molar-refractivity contribution < 1.29 is 18.0 Å².